The predicted molar refractivity (Wildman–Crippen MR) is 99.1 cm³/mol. The summed E-state index contributed by atoms with van der Waals surface area (Å²) in [6.07, 6.45) is -1.51. The number of hydrogen-bond donors (Lipinski definition) is 0. The first kappa shape index (κ1) is 18.1. The number of benzene rings is 2. The summed E-state index contributed by atoms with van der Waals surface area (Å²) in [7, 11) is 0. The van der Waals surface area contributed by atoms with Crippen molar-refractivity contribution in [2.45, 2.75) is 12.7 Å². The van der Waals surface area contributed by atoms with Gasteiger partial charge in [0, 0.05) is 11.1 Å². The first-order chi connectivity index (χ1) is 14.4. The third-order valence-corrected chi connectivity index (χ3v) is 4.76. The van der Waals surface area contributed by atoms with Gasteiger partial charge in [-0.3, -0.25) is 4.57 Å². The Labute approximate surface area is 167 Å². The molecule has 0 saturated carbocycles. The number of fused-ring (bicyclic) bond motifs is 5. The van der Waals surface area contributed by atoms with E-state index >= 15 is 0 Å². The monoisotopic (exact) mass is 409 g/mol. The van der Waals surface area contributed by atoms with Crippen molar-refractivity contribution in [2.75, 3.05) is 0 Å². The summed E-state index contributed by atoms with van der Waals surface area (Å²) in [5.74, 6) is 5.70. The van der Waals surface area contributed by atoms with E-state index in [1.807, 2.05) is 0 Å². The summed E-state index contributed by atoms with van der Waals surface area (Å²) >= 11 is 0. The summed E-state index contributed by atoms with van der Waals surface area (Å²) in [6.45, 7) is 0.276. The average Bonchev–Trinajstić information content (AvgIpc) is 3.31. The zero-order valence-corrected chi connectivity index (χ0v) is 15.2. The third kappa shape index (κ3) is 3.03. The third-order valence-electron chi connectivity index (χ3n) is 4.76. The molecule has 0 radical (unpaired) electrons. The van der Waals surface area contributed by atoms with Gasteiger partial charge in [-0.25, -0.2) is 19.0 Å². The number of imidazole rings is 1. The highest BCUT2D eigenvalue weighted by Crippen LogP contribution is 2.32. The molecule has 4 aromatic rings. The van der Waals surface area contributed by atoms with Gasteiger partial charge in [0.25, 0.3) is 0 Å². The van der Waals surface area contributed by atoms with Crippen LogP contribution in [0.3, 0.4) is 0 Å². The average molecular weight is 409 g/mol. The molecule has 0 saturated heterocycles. The van der Waals surface area contributed by atoms with Gasteiger partial charge in [-0.05, 0) is 42.3 Å². The molecule has 0 aliphatic carbocycles. The Morgan fingerprint density at radius 1 is 1.00 bits per heavy atom. The van der Waals surface area contributed by atoms with Gasteiger partial charge < -0.3 is 0 Å². The van der Waals surface area contributed by atoms with Crippen LogP contribution in [0.1, 0.15) is 22.5 Å². The molecule has 30 heavy (non-hydrogen) atoms. The molecule has 0 spiro atoms. The maximum atomic E-state index is 13.8. The number of nitrogens with zero attached hydrogens (tertiary/aromatic N) is 5. The van der Waals surface area contributed by atoms with Gasteiger partial charge >= 0.3 is 6.18 Å². The van der Waals surface area contributed by atoms with Crippen LogP contribution < -0.4 is 0 Å². The van der Waals surface area contributed by atoms with Crippen LogP contribution in [0.15, 0.2) is 55.1 Å². The Morgan fingerprint density at radius 3 is 2.70 bits per heavy atom. The van der Waals surface area contributed by atoms with Crippen molar-refractivity contribution in [1.82, 2.24) is 24.3 Å². The summed E-state index contributed by atoms with van der Waals surface area (Å²) in [5, 5.41) is 4.19. The van der Waals surface area contributed by atoms with Crippen molar-refractivity contribution < 1.29 is 17.6 Å². The van der Waals surface area contributed by atoms with Gasteiger partial charge in [0.2, 0.25) is 0 Å². The fraction of sp³-hybridized carbons (Fsp3) is 0.0952. The zero-order valence-electron chi connectivity index (χ0n) is 15.2. The lowest BCUT2D eigenvalue weighted by Gasteiger charge is -2.08. The molecule has 0 N–H and O–H groups in total. The molecule has 0 unspecified atom stereocenters. The minimum absolute atomic E-state index is 0.226. The molecule has 1 aliphatic rings. The Hall–Kier alpha value is -3.93. The van der Waals surface area contributed by atoms with E-state index in [1.54, 1.807) is 21.6 Å². The van der Waals surface area contributed by atoms with Crippen LogP contribution in [-0.2, 0) is 12.7 Å². The first-order valence-corrected chi connectivity index (χ1v) is 8.84. The van der Waals surface area contributed by atoms with Crippen molar-refractivity contribution in [2.24, 2.45) is 0 Å². The molecule has 0 bridgehead atoms. The Bertz CT molecular complexity index is 1340. The van der Waals surface area contributed by atoms with Crippen LogP contribution in [0.5, 0.6) is 0 Å². The normalized spacial score (nSPS) is 12.3. The fourth-order valence-corrected chi connectivity index (χ4v) is 3.37. The molecule has 2 aromatic carbocycles. The van der Waals surface area contributed by atoms with Crippen LogP contribution in [0.25, 0.3) is 17.1 Å². The number of aromatic nitrogens is 5. The predicted octanol–water partition coefficient (Wildman–Crippen LogP) is 4.05. The number of alkyl halides is 3. The molecular weight excluding hydrogens is 398 g/mol. The lowest BCUT2D eigenvalue weighted by molar-refractivity contribution is -0.137. The van der Waals surface area contributed by atoms with Gasteiger partial charge in [-0.2, -0.15) is 18.3 Å². The summed E-state index contributed by atoms with van der Waals surface area (Å²) in [5.41, 5.74) is 1.75. The molecule has 2 aromatic heterocycles. The van der Waals surface area contributed by atoms with Crippen molar-refractivity contribution in [1.29, 1.82) is 0 Å². The Balaban J connectivity index is 1.61. The zero-order chi connectivity index (χ0) is 20.9. The van der Waals surface area contributed by atoms with Crippen LogP contribution in [0, 0.1) is 17.7 Å². The van der Waals surface area contributed by atoms with Gasteiger partial charge in [0.05, 0.1) is 23.5 Å². The molecule has 148 valence electrons. The molecule has 0 fully saturated rings. The van der Waals surface area contributed by atoms with Gasteiger partial charge in [-0.15, -0.1) is 0 Å². The second-order valence-corrected chi connectivity index (χ2v) is 6.64. The van der Waals surface area contributed by atoms with Crippen LogP contribution in [0.2, 0.25) is 0 Å². The molecule has 9 heteroatoms. The largest absolute Gasteiger partial charge is 0.416 e. The molecule has 5 nitrogen and oxygen atoms in total. The quantitative estimate of drug-likeness (QED) is 0.286. The lowest BCUT2D eigenvalue weighted by Crippen LogP contribution is -2.06. The molecular formula is C21H11F4N5. The van der Waals surface area contributed by atoms with Gasteiger partial charge in [-0.1, -0.05) is 12.0 Å². The standard InChI is InChI=1S/C21H11F4N5/c22-15-5-7-18-16(9-15)20-26-11-28-30(20)10-19-17(27-12-29(18)19)6-4-13-2-1-3-14(8-13)21(23,24)25/h1-3,5,7-9,11-12H,10H2. The molecule has 1 aliphatic heterocycles. The van der Waals surface area contributed by atoms with E-state index < -0.39 is 17.6 Å². The minimum Gasteiger partial charge on any atom is -0.299 e. The Kier molecular flexibility index (Phi) is 3.96. The Morgan fingerprint density at radius 2 is 1.87 bits per heavy atom. The molecule has 5 rings (SSSR count). The van der Waals surface area contributed by atoms with Gasteiger partial charge in [0.1, 0.15) is 24.2 Å². The number of rotatable bonds is 0. The minimum atomic E-state index is -4.44. The van der Waals surface area contributed by atoms with E-state index in [0.717, 1.165) is 12.1 Å². The van der Waals surface area contributed by atoms with Crippen LogP contribution in [-0.4, -0.2) is 24.3 Å². The van der Waals surface area contributed by atoms with E-state index in [9.17, 15) is 17.6 Å². The number of halogens is 4. The van der Waals surface area contributed by atoms with E-state index in [2.05, 4.69) is 26.9 Å². The van der Waals surface area contributed by atoms with Crippen LogP contribution in [0.4, 0.5) is 17.6 Å². The maximum absolute atomic E-state index is 13.8. The first-order valence-electron chi connectivity index (χ1n) is 8.84. The lowest BCUT2D eigenvalue weighted by atomic mass is 10.1. The highest BCUT2D eigenvalue weighted by Gasteiger charge is 2.30. The van der Waals surface area contributed by atoms with Crippen molar-refractivity contribution >= 4 is 0 Å². The molecule has 0 amide bonds. The molecule has 0 atom stereocenters. The van der Waals surface area contributed by atoms with E-state index in [-0.39, 0.29) is 12.1 Å². The van der Waals surface area contributed by atoms with E-state index in [1.165, 1.54) is 30.6 Å². The number of hydrogen-bond acceptors (Lipinski definition) is 3. The second-order valence-electron chi connectivity index (χ2n) is 6.64. The highest BCUT2D eigenvalue weighted by atomic mass is 19.4. The second kappa shape index (κ2) is 6.56. The smallest absolute Gasteiger partial charge is 0.299 e. The van der Waals surface area contributed by atoms with Gasteiger partial charge in [0.15, 0.2) is 5.82 Å². The van der Waals surface area contributed by atoms with E-state index in [4.69, 9.17) is 0 Å². The van der Waals surface area contributed by atoms with E-state index in [0.29, 0.717) is 28.5 Å². The summed E-state index contributed by atoms with van der Waals surface area (Å²) in [6, 6.07) is 9.13. The van der Waals surface area contributed by atoms with Crippen molar-refractivity contribution in [3.8, 4) is 28.9 Å². The topological polar surface area (TPSA) is 48.5 Å². The fourth-order valence-electron chi connectivity index (χ4n) is 3.37. The summed E-state index contributed by atoms with van der Waals surface area (Å²) < 4.78 is 56.0. The maximum Gasteiger partial charge on any atom is 0.416 e. The highest BCUT2D eigenvalue weighted by molar-refractivity contribution is 5.69. The SMILES string of the molecule is Fc1ccc2c(c1)-c1ncnn1Cc1c(C#Cc3cccc(C(F)(F)F)c3)ncn1-2. The van der Waals surface area contributed by atoms with Crippen molar-refractivity contribution in [3.05, 3.63) is 83.5 Å². The summed E-state index contributed by atoms with van der Waals surface area (Å²) in [4.78, 5) is 8.54. The van der Waals surface area contributed by atoms with Crippen molar-refractivity contribution in [3.63, 3.8) is 0 Å². The van der Waals surface area contributed by atoms with Crippen LogP contribution >= 0.6 is 0 Å². The molecule has 3 heterocycles.